The Morgan fingerprint density at radius 2 is 2.07 bits per heavy atom. The van der Waals surface area contributed by atoms with E-state index in [0.29, 0.717) is 30.8 Å². The van der Waals surface area contributed by atoms with Gasteiger partial charge in [0.15, 0.2) is 11.8 Å². The van der Waals surface area contributed by atoms with Crippen molar-refractivity contribution < 1.29 is 17.7 Å². The number of nitrogens with zero attached hydrogens (tertiary/aromatic N) is 4. The van der Waals surface area contributed by atoms with Crippen molar-refractivity contribution in [1.29, 1.82) is 0 Å². The lowest BCUT2D eigenvalue weighted by atomic mass is 10.1. The Labute approximate surface area is 167 Å². The zero-order valence-electron chi connectivity index (χ0n) is 16.5. The molecule has 2 N–H and O–H groups in total. The van der Waals surface area contributed by atoms with E-state index < -0.39 is 11.7 Å². The van der Waals surface area contributed by atoms with Crippen molar-refractivity contribution in [3.63, 3.8) is 0 Å². The highest BCUT2D eigenvalue weighted by Gasteiger charge is 2.30. The number of rotatable bonds is 6. The molecule has 1 unspecified atom stereocenters. The highest BCUT2D eigenvalue weighted by Crippen LogP contribution is 2.29. The summed E-state index contributed by atoms with van der Waals surface area (Å²) in [5.41, 5.74) is 0.247. The Bertz CT molecular complexity index is 818. The van der Waals surface area contributed by atoms with Crippen LogP contribution in [0.15, 0.2) is 33.8 Å². The average Bonchev–Trinajstić information content (AvgIpc) is 3.28. The number of guanidine groups is 1. The molecule has 3 rings (SSSR count). The number of hydrogen-bond acceptors (Lipinski definition) is 5. The van der Waals surface area contributed by atoms with Gasteiger partial charge in [-0.15, -0.1) is 0 Å². The molecular weight excluding hydrogens is 385 g/mol. The number of nitrogens with one attached hydrogen (secondary N) is 2. The van der Waals surface area contributed by atoms with Gasteiger partial charge in [0, 0.05) is 39.1 Å². The van der Waals surface area contributed by atoms with Crippen LogP contribution in [0, 0.1) is 6.92 Å². The van der Waals surface area contributed by atoms with Crippen LogP contribution in [-0.4, -0.2) is 46.7 Å². The van der Waals surface area contributed by atoms with E-state index in [2.05, 4.69) is 30.7 Å². The number of aliphatic imine (C=N–C) groups is 1. The third-order valence-corrected chi connectivity index (χ3v) is 4.59. The van der Waals surface area contributed by atoms with Crippen molar-refractivity contribution in [3.05, 3.63) is 47.1 Å². The minimum atomic E-state index is -4.30. The number of aromatic nitrogens is 2. The summed E-state index contributed by atoms with van der Waals surface area (Å²) in [4.78, 5) is 10.8. The molecule has 1 atom stereocenters. The average molecular weight is 410 g/mol. The molecule has 0 radical (unpaired) electrons. The van der Waals surface area contributed by atoms with E-state index in [1.165, 1.54) is 0 Å². The van der Waals surface area contributed by atoms with Gasteiger partial charge in [-0.05, 0) is 31.0 Å². The number of likely N-dealkylation sites (tertiary alicyclic amines) is 1. The molecule has 1 aliphatic rings. The maximum atomic E-state index is 12.7. The summed E-state index contributed by atoms with van der Waals surface area (Å²) in [7, 11) is 0. The van der Waals surface area contributed by atoms with Gasteiger partial charge in [-0.3, -0.25) is 4.90 Å². The third-order valence-electron chi connectivity index (χ3n) is 4.59. The maximum absolute atomic E-state index is 12.7. The van der Waals surface area contributed by atoms with Gasteiger partial charge in [0.05, 0.1) is 5.56 Å². The van der Waals surface area contributed by atoms with E-state index in [9.17, 15) is 13.2 Å². The molecule has 1 aliphatic heterocycles. The number of aryl methyl sites for hydroxylation is 1. The molecule has 7 nitrogen and oxygen atoms in total. The first-order valence-electron chi connectivity index (χ1n) is 9.56. The zero-order valence-corrected chi connectivity index (χ0v) is 16.5. The first kappa shape index (κ1) is 21.1. The second kappa shape index (κ2) is 9.25. The van der Waals surface area contributed by atoms with Crippen molar-refractivity contribution in [2.75, 3.05) is 19.6 Å². The predicted molar refractivity (Wildman–Crippen MR) is 102 cm³/mol. The minimum Gasteiger partial charge on any atom is -0.357 e. The Kier molecular flexibility index (Phi) is 6.73. The Morgan fingerprint density at radius 3 is 2.69 bits per heavy atom. The second-order valence-corrected chi connectivity index (χ2v) is 6.98. The fourth-order valence-electron chi connectivity index (χ4n) is 3.22. The number of benzene rings is 1. The molecule has 158 valence electrons. The quantitative estimate of drug-likeness (QED) is 0.563. The van der Waals surface area contributed by atoms with E-state index in [-0.39, 0.29) is 6.04 Å². The first-order chi connectivity index (χ1) is 13.8. The highest BCUT2D eigenvalue weighted by molar-refractivity contribution is 5.80. The van der Waals surface area contributed by atoms with Crippen molar-refractivity contribution in [2.24, 2.45) is 4.99 Å². The molecular formula is C19H25F3N6O. The largest absolute Gasteiger partial charge is 0.416 e. The van der Waals surface area contributed by atoms with Gasteiger partial charge in [0.2, 0.25) is 5.89 Å². The van der Waals surface area contributed by atoms with E-state index >= 15 is 0 Å². The van der Waals surface area contributed by atoms with Crippen LogP contribution < -0.4 is 10.6 Å². The fraction of sp³-hybridized carbons (Fsp3) is 0.526. The molecule has 1 aromatic carbocycles. The van der Waals surface area contributed by atoms with Crippen LogP contribution in [0.4, 0.5) is 13.2 Å². The lowest BCUT2D eigenvalue weighted by molar-refractivity contribution is -0.137. The molecule has 1 aromatic heterocycles. The molecule has 1 fully saturated rings. The first-order valence-corrected chi connectivity index (χ1v) is 9.56. The molecule has 1 saturated heterocycles. The van der Waals surface area contributed by atoms with Crippen molar-refractivity contribution in [1.82, 2.24) is 25.7 Å². The Balaban J connectivity index is 1.52. The lowest BCUT2D eigenvalue weighted by Crippen LogP contribution is -2.44. The molecule has 0 bridgehead atoms. The van der Waals surface area contributed by atoms with Gasteiger partial charge in [0.25, 0.3) is 0 Å². The van der Waals surface area contributed by atoms with Gasteiger partial charge in [-0.2, -0.15) is 18.2 Å². The summed E-state index contributed by atoms with van der Waals surface area (Å²) in [6, 6.07) is 5.56. The Hall–Kier alpha value is -2.62. The molecule has 0 saturated carbocycles. The molecule has 2 heterocycles. The smallest absolute Gasteiger partial charge is 0.357 e. The summed E-state index contributed by atoms with van der Waals surface area (Å²) in [6.45, 7) is 7.02. The normalized spacial score (nSPS) is 18.2. The van der Waals surface area contributed by atoms with Crippen LogP contribution in [0.2, 0.25) is 0 Å². The van der Waals surface area contributed by atoms with Gasteiger partial charge >= 0.3 is 6.18 Å². The molecule has 0 spiro atoms. The van der Waals surface area contributed by atoms with Crippen LogP contribution in [0.3, 0.4) is 0 Å². The summed E-state index contributed by atoms with van der Waals surface area (Å²) in [5, 5.41) is 10.4. The van der Waals surface area contributed by atoms with E-state index in [1.807, 2.05) is 6.92 Å². The van der Waals surface area contributed by atoms with Crippen molar-refractivity contribution in [3.8, 4) is 0 Å². The monoisotopic (exact) mass is 410 g/mol. The third kappa shape index (κ3) is 6.18. The van der Waals surface area contributed by atoms with E-state index in [0.717, 1.165) is 43.8 Å². The van der Waals surface area contributed by atoms with Crippen LogP contribution in [-0.2, 0) is 19.3 Å². The zero-order chi connectivity index (χ0) is 20.9. The fourth-order valence-corrected chi connectivity index (χ4v) is 3.22. The van der Waals surface area contributed by atoms with Gasteiger partial charge in [0.1, 0.15) is 6.54 Å². The summed E-state index contributed by atoms with van der Waals surface area (Å²) in [5.74, 6) is 1.70. The summed E-state index contributed by atoms with van der Waals surface area (Å²) >= 11 is 0. The minimum absolute atomic E-state index is 0.203. The van der Waals surface area contributed by atoms with Crippen LogP contribution >= 0.6 is 0 Å². The topological polar surface area (TPSA) is 78.6 Å². The van der Waals surface area contributed by atoms with E-state index in [4.69, 9.17) is 4.52 Å². The van der Waals surface area contributed by atoms with Gasteiger partial charge in [-0.1, -0.05) is 17.3 Å². The van der Waals surface area contributed by atoms with E-state index in [1.54, 1.807) is 19.1 Å². The standard InChI is InChI=1S/C19H25F3N6O/c1-3-23-18(24-10-17-25-13(2)29-27-17)26-16-8-9-28(12-16)11-14-4-6-15(7-5-14)19(20,21)22/h4-7,16H,3,8-12H2,1-2H3,(H2,23,24,26). The summed E-state index contributed by atoms with van der Waals surface area (Å²) in [6.07, 6.45) is -3.38. The molecule has 2 aromatic rings. The molecule has 0 amide bonds. The van der Waals surface area contributed by atoms with Gasteiger partial charge in [-0.25, -0.2) is 4.99 Å². The van der Waals surface area contributed by atoms with Crippen LogP contribution in [0.25, 0.3) is 0 Å². The SMILES string of the molecule is CCNC(=NCc1noc(C)n1)NC1CCN(Cc2ccc(C(F)(F)F)cc2)C1. The highest BCUT2D eigenvalue weighted by atomic mass is 19.4. The Morgan fingerprint density at radius 1 is 1.31 bits per heavy atom. The van der Waals surface area contributed by atoms with Crippen molar-refractivity contribution >= 4 is 5.96 Å². The lowest BCUT2D eigenvalue weighted by Gasteiger charge is -2.19. The van der Waals surface area contributed by atoms with Crippen molar-refractivity contribution in [2.45, 2.75) is 45.6 Å². The number of alkyl halides is 3. The second-order valence-electron chi connectivity index (χ2n) is 6.98. The maximum Gasteiger partial charge on any atom is 0.416 e. The predicted octanol–water partition coefficient (Wildman–Crippen LogP) is 2.73. The van der Waals surface area contributed by atoms with Gasteiger partial charge < -0.3 is 15.2 Å². The summed E-state index contributed by atoms with van der Waals surface area (Å²) < 4.78 is 43.0. The van der Waals surface area contributed by atoms with Crippen LogP contribution in [0.5, 0.6) is 0 Å². The number of hydrogen-bond donors (Lipinski definition) is 2. The molecule has 0 aliphatic carbocycles. The molecule has 29 heavy (non-hydrogen) atoms. The molecule has 10 heteroatoms. The van der Waals surface area contributed by atoms with Crippen LogP contribution in [0.1, 0.15) is 36.2 Å². The number of halogens is 3.